The molecule has 1 unspecified atom stereocenters. The molecule has 1 atom stereocenters. The van der Waals surface area contributed by atoms with Gasteiger partial charge in [0.15, 0.2) is 17.5 Å². The maximum absolute atomic E-state index is 12.7. The summed E-state index contributed by atoms with van der Waals surface area (Å²) in [6.45, 7) is 3.93. The van der Waals surface area contributed by atoms with Crippen molar-refractivity contribution < 1.29 is 24.2 Å². The van der Waals surface area contributed by atoms with E-state index in [9.17, 15) is 14.7 Å². The minimum absolute atomic E-state index is 0.0476. The van der Waals surface area contributed by atoms with Crippen LogP contribution >= 0.6 is 11.3 Å². The van der Waals surface area contributed by atoms with E-state index < -0.39 is 12.0 Å². The summed E-state index contributed by atoms with van der Waals surface area (Å²) in [5, 5.41) is 27.6. The van der Waals surface area contributed by atoms with Gasteiger partial charge < -0.3 is 19.9 Å². The molecule has 11 heteroatoms. The predicted molar refractivity (Wildman–Crippen MR) is 119 cm³/mol. The maximum Gasteiger partial charge on any atom is 0.334 e. The van der Waals surface area contributed by atoms with Crippen molar-refractivity contribution >= 4 is 40.5 Å². The van der Waals surface area contributed by atoms with Crippen molar-refractivity contribution in [3.8, 4) is 5.88 Å². The number of benzene rings is 1. The average Bonchev–Trinajstić information content (AvgIpc) is 3.37. The number of H-pyrrole nitrogens is 1. The monoisotopic (exact) mass is 457 g/mol. The lowest BCUT2D eigenvalue weighted by molar-refractivity contribution is -0.144. The number of esters is 2. The summed E-state index contributed by atoms with van der Waals surface area (Å²) in [4.78, 5) is 25.8. The molecule has 0 fully saturated rings. The van der Waals surface area contributed by atoms with E-state index in [0.29, 0.717) is 17.2 Å². The van der Waals surface area contributed by atoms with Crippen LogP contribution in [-0.2, 0) is 25.5 Å². The number of nitrogens with one attached hydrogen (secondary N) is 2. The Morgan fingerprint density at radius 2 is 1.88 bits per heavy atom. The topological polar surface area (TPSA) is 138 Å². The number of aromatic amines is 1. The Bertz CT molecular complexity index is 1080. The maximum atomic E-state index is 12.7. The van der Waals surface area contributed by atoms with Crippen molar-refractivity contribution in [2.24, 2.45) is 10.2 Å². The molecule has 3 rings (SSSR count). The van der Waals surface area contributed by atoms with E-state index in [2.05, 4.69) is 25.7 Å². The second kappa shape index (κ2) is 11.0. The first-order valence-corrected chi connectivity index (χ1v) is 10.7. The van der Waals surface area contributed by atoms with Crippen LogP contribution < -0.4 is 5.32 Å². The molecule has 168 valence electrons. The van der Waals surface area contributed by atoms with Gasteiger partial charge in [-0.05, 0) is 38.1 Å². The molecule has 0 aliphatic carbocycles. The van der Waals surface area contributed by atoms with Gasteiger partial charge in [-0.2, -0.15) is 10.2 Å². The first-order chi connectivity index (χ1) is 15.5. The Hall–Kier alpha value is -3.73. The highest BCUT2D eigenvalue weighted by Gasteiger charge is 2.27. The zero-order chi connectivity index (χ0) is 22.9. The highest BCUT2D eigenvalue weighted by molar-refractivity contribution is 7.12. The fourth-order valence-electron chi connectivity index (χ4n) is 2.73. The Morgan fingerprint density at radius 1 is 1.12 bits per heavy atom. The number of carbonyl (C=O) groups excluding carboxylic acids is 2. The molecule has 10 nitrogen and oxygen atoms in total. The third kappa shape index (κ3) is 5.91. The Morgan fingerprint density at radius 3 is 2.59 bits per heavy atom. The standard InChI is InChI=1S/C21H23N5O5S/c1-3-30-16(27)12-14-10-11-15(32-14)17(21(29)31-4-2)22-19-18(20(28)26-25-19)24-23-13-8-6-5-7-9-13/h5-11,17H,3-4,12H2,1-2H3,(H3,22,25,26,28)/b24-23+. The number of azo groups is 1. The van der Waals surface area contributed by atoms with Gasteiger partial charge in [0.05, 0.1) is 25.3 Å². The summed E-state index contributed by atoms with van der Waals surface area (Å²) >= 11 is 1.27. The molecule has 0 amide bonds. The number of hydrogen-bond donors (Lipinski definition) is 3. The fourth-order valence-corrected chi connectivity index (χ4v) is 3.77. The molecule has 3 aromatic rings. The molecule has 0 aliphatic rings. The van der Waals surface area contributed by atoms with Crippen molar-refractivity contribution in [3.05, 3.63) is 52.2 Å². The van der Waals surface area contributed by atoms with E-state index in [-0.39, 0.29) is 36.4 Å². The van der Waals surface area contributed by atoms with Crippen LogP contribution in [0.3, 0.4) is 0 Å². The summed E-state index contributed by atoms with van der Waals surface area (Å²) in [6.07, 6.45) is 0.105. The van der Waals surface area contributed by atoms with Crippen molar-refractivity contribution in [2.75, 3.05) is 18.5 Å². The zero-order valence-corrected chi connectivity index (χ0v) is 18.4. The first-order valence-electron chi connectivity index (χ1n) is 9.93. The van der Waals surface area contributed by atoms with Crippen LogP contribution in [0.15, 0.2) is 52.7 Å². The number of thiophene rings is 1. The molecule has 32 heavy (non-hydrogen) atoms. The second-order valence-electron chi connectivity index (χ2n) is 6.42. The molecule has 3 N–H and O–H groups in total. The van der Waals surface area contributed by atoms with Crippen molar-refractivity contribution in [1.29, 1.82) is 0 Å². The lowest BCUT2D eigenvalue weighted by atomic mass is 10.2. The number of rotatable bonds is 10. The summed E-state index contributed by atoms with van der Waals surface area (Å²) < 4.78 is 10.2. The quantitative estimate of drug-likeness (QED) is 0.303. The number of aromatic hydroxyl groups is 1. The molecule has 2 heterocycles. The molecule has 0 aliphatic heterocycles. The SMILES string of the molecule is CCOC(=O)Cc1ccc(C(Nc2n[nH]c(O)c2/N=N/c2ccccc2)C(=O)OCC)s1. The Labute approximate surface area is 188 Å². The second-order valence-corrected chi connectivity index (χ2v) is 7.62. The minimum Gasteiger partial charge on any atom is -0.492 e. The molecule has 0 radical (unpaired) electrons. The molecular formula is C21H23N5O5S. The van der Waals surface area contributed by atoms with Crippen LogP contribution in [0.25, 0.3) is 0 Å². The summed E-state index contributed by atoms with van der Waals surface area (Å²) in [6, 6.07) is 11.5. The van der Waals surface area contributed by atoms with Crippen molar-refractivity contribution in [1.82, 2.24) is 10.2 Å². The number of ether oxygens (including phenoxy) is 2. The van der Waals surface area contributed by atoms with Gasteiger partial charge in [-0.3, -0.25) is 4.79 Å². The predicted octanol–water partition coefficient (Wildman–Crippen LogP) is 4.41. The molecule has 0 spiro atoms. The molecule has 0 bridgehead atoms. The van der Waals surface area contributed by atoms with E-state index in [1.165, 1.54) is 11.3 Å². The van der Waals surface area contributed by atoms with Gasteiger partial charge >= 0.3 is 11.9 Å². The van der Waals surface area contributed by atoms with E-state index in [1.807, 2.05) is 18.2 Å². The average molecular weight is 458 g/mol. The zero-order valence-electron chi connectivity index (χ0n) is 17.6. The van der Waals surface area contributed by atoms with Crippen molar-refractivity contribution in [3.63, 3.8) is 0 Å². The van der Waals surface area contributed by atoms with Gasteiger partial charge in [0, 0.05) is 9.75 Å². The number of anilines is 1. The number of hydrogen-bond acceptors (Lipinski definition) is 10. The van der Waals surface area contributed by atoms with Crippen LogP contribution in [0.4, 0.5) is 17.2 Å². The summed E-state index contributed by atoms with van der Waals surface area (Å²) in [5.74, 6) is -1.06. The fraction of sp³-hybridized carbons (Fsp3) is 0.286. The number of carbonyl (C=O) groups is 2. The molecule has 0 saturated heterocycles. The van der Waals surface area contributed by atoms with Gasteiger partial charge in [-0.25, -0.2) is 9.89 Å². The van der Waals surface area contributed by atoms with E-state index in [4.69, 9.17) is 9.47 Å². The molecular weight excluding hydrogens is 434 g/mol. The highest BCUT2D eigenvalue weighted by Crippen LogP contribution is 2.36. The van der Waals surface area contributed by atoms with Crippen LogP contribution in [-0.4, -0.2) is 40.5 Å². The van der Waals surface area contributed by atoms with E-state index in [0.717, 1.165) is 4.88 Å². The lowest BCUT2D eigenvalue weighted by Crippen LogP contribution is -2.22. The van der Waals surface area contributed by atoms with Gasteiger partial charge in [-0.1, -0.05) is 18.2 Å². The van der Waals surface area contributed by atoms with Gasteiger partial charge in [-0.15, -0.1) is 16.5 Å². The minimum atomic E-state index is -0.927. The van der Waals surface area contributed by atoms with Crippen LogP contribution in [0.5, 0.6) is 5.88 Å². The first kappa shape index (κ1) is 22.9. The summed E-state index contributed by atoms with van der Waals surface area (Å²) in [7, 11) is 0. The third-order valence-electron chi connectivity index (χ3n) is 4.14. The van der Waals surface area contributed by atoms with Crippen LogP contribution in [0.2, 0.25) is 0 Å². The van der Waals surface area contributed by atoms with Gasteiger partial charge in [0.1, 0.15) is 0 Å². The molecule has 0 saturated carbocycles. The molecule has 1 aromatic carbocycles. The smallest absolute Gasteiger partial charge is 0.334 e. The highest BCUT2D eigenvalue weighted by atomic mass is 32.1. The van der Waals surface area contributed by atoms with Gasteiger partial charge in [0.25, 0.3) is 0 Å². The van der Waals surface area contributed by atoms with Crippen LogP contribution in [0, 0.1) is 0 Å². The van der Waals surface area contributed by atoms with Crippen LogP contribution in [0.1, 0.15) is 29.6 Å². The van der Waals surface area contributed by atoms with E-state index in [1.54, 1.807) is 38.1 Å². The lowest BCUT2D eigenvalue weighted by Gasteiger charge is -2.15. The Balaban J connectivity index is 1.84. The largest absolute Gasteiger partial charge is 0.492 e. The van der Waals surface area contributed by atoms with Crippen molar-refractivity contribution in [2.45, 2.75) is 26.3 Å². The Kier molecular flexibility index (Phi) is 7.92. The van der Waals surface area contributed by atoms with Gasteiger partial charge in [0.2, 0.25) is 5.88 Å². The number of nitrogens with zero attached hydrogens (tertiary/aromatic N) is 3. The third-order valence-corrected chi connectivity index (χ3v) is 5.29. The summed E-state index contributed by atoms with van der Waals surface area (Å²) in [5.41, 5.74) is 0.634. The van der Waals surface area contributed by atoms with E-state index >= 15 is 0 Å². The molecule has 2 aromatic heterocycles. The number of aromatic nitrogens is 2. The normalized spacial score (nSPS) is 11.9.